The highest BCUT2D eigenvalue weighted by Crippen LogP contribution is 2.13. The van der Waals surface area contributed by atoms with Crippen LogP contribution in [0.2, 0.25) is 0 Å². The standard InChI is InChI=1S/C13H15NO2/c1-3-9-14-13(2,12(15)16)10-11-7-5-4-6-8-11/h1,4-8,14H,9-10H2,2H3,(H,15,16). The van der Waals surface area contributed by atoms with Crippen molar-refractivity contribution in [3.8, 4) is 12.3 Å². The molecule has 0 saturated heterocycles. The molecule has 0 aliphatic carbocycles. The molecule has 0 aromatic heterocycles. The molecule has 1 rings (SSSR count). The normalized spacial score (nSPS) is 13.8. The summed E-state index contributed by atoms with van der Waals surface area (Å²) in [6, 6.07) is 9.48. The second-order valence-corrected chi connectivity index (χ2v) is 3.86. The van der Waals surface area contributed by atoms with E-state index in [1.165, 1.54) is 0 Å². The fourth-order valence-corrected chi connectivity index (χ4v) is 1.46. The number of carboxylic acids is 1. The molecule has 0 spiro atoms. The zero-order valence-corrected chi connectivity index (χ0v) is 9.23. The molecule has 0 radical (unpaired) electrons. The van der Waals surface area contributed by atoms with Gasteiger partial charge in [0.15, 0.2) is 0 Å². The van der Waals surface area contributed by atoms with E-state index in [0.717, 1.165) is 5.56 Å². The van der Waals surface area contributed by atoms with Gasteiger partial charge in [0.2, 0.25) is 0 Å². The lowest BCUT2D eigenvalue weighted by atomic mass is 9.93. The first-order valence-corrected chi connectivity index (χ1v) is 5.04. The largest absolute Gasteiger partial charge is 0.480 e. The van der Waals surface area contributed by atoms with Gasteiger partial charge in [0.25, 0.3) is 0 Å². The van der Waals surface area contributed by atoms with Crippen LogP contribution in [0.25, 0.3) is 0 Å². The van der Waals surface area contributed by atoms with Gasteiger partial charge in [-0.25, -0.2) is 0 Å². The number of carbonyl (C=O) groups is 1. The predicted molar refractivity (Wildman–Crippen MR) is 63.0 cm³/mol. The zero-order chi connectivity index (χ0) is 12.0. The average Bonchev–Trinajstić information content (AvgIpc) is 2.27. The summed E-state index contributed by atoms with van der Waals surface area (Å²) in [6.45, 7) is 1.88. The van der Waals surface area contributed by atoms with Crippen molar-refractivity contribution in [3.63, 3.8) is 0 Å². The Balaban J connectivity index is 2.80. The Morgan fingerprint density at radius 1 is 1.50 bits per heavy atom. The van der Waals surface area contributed by atoms with Crippen molar-refractivity contribution in [3.05, 3.63) is 35.9 Å². The van der Waals surface area contributed by atoms with E-state index in [1.807, 2.05) is 30.3 Å². The minimum atomic E-state index is -1.02. The molecule has 16 heavy (non-hydrogen) atoms. The smallest absolute Gasteiger partial charge is 0.323 e. The van der Waals surface area contributed by atoms with E-state index < -0.39 is 11.5 Å². The van der Waals surface area contributed by atoms with E-state index in [9.17, 15) is 9.90 Å². The first-order chi connectivity index (χ1) is 7.58. The predicted octanol–water partition coefficient (Wildman–Crippen LogP) is 1.30. The molecule has 0 aliphatic rings. The van der Waals surface area contributed by atoms with Crippen molar-refractivity contribution >= 4 is 5.97 Å². The summed E-state index contributed by atoms with van der Waals surface area (Å²) < 4.78 is 0. The van der Waals surface area contributed by atoms with Gasteiger partial charge in [-0.15, -0.1) is 6.42 Å². The quantitative estimate of drug-likeness (QED) is 0.731. The van der Waals surface area contributed by atoms with Crippen LogP contribution >= 0.6 is 0 Å². The first-order valence-electron chi connectivity index (χ1n) is 5.04. The van der Waals surface area contributed by atoms with E-state index in [1.54, 1.807) is 6.92 Å². The fourth-order valence-electron chi connectivity index (χ4n) is 1.46. The van der Waals surface area contributed by atoms with Gasteiger partial charge in [-0.2, -0.15) is 0 Å². The van der Waals surface area contributed by atoms with Gasteiger partial charge in [-0.3, -0.25) is 10.1 Å². The summed E-state index contributed by atoms with van der Waals surface area (Å²) in [5.74, 6) is 1.49. The van der Waals surface area contributed by atoms with Crippen molar-refractivity contribution in [2.75, 3.05) is 6.54 Å². The number of hydrogen-bond acceptors (Lipinski definition) is 2. The molecule has 3 nitrogen and oxygen atoms in total. The highest BCUT2D eigenvalue weighted by molar-refractivity contribution is 5.78. The minimum absolute atomic E-state index is 0.246. The molecule has 0 heterocycles. The van der Waals surface area contributed by atoms with E-state index in [0.29, 0.717) is 6.42 Å². The van der Waals surface area contributed by atoms with Crippen molar-refractivity contribution in [1.29, 1.82) is 0 Å². The molecule has 1 unspecified atom stereocenters. The maximum atomic E-state index is 11.2. The van der Waals surface area contributed by atoms with Gasteiger partial charge in [0.05, 0.1) is 6.54 Å². The van der Waals surface area contributed by atoms with Crippen LogP contribution < -0.4 is 5.32 Å². The molecule has 0 amide bonds. The van der Waals surface area contributed by atoms with Crippen molar-refractivity contribution in [1.82, 2.24) is 5.32 Å². The van der Waals surface area contributed by atoms with Crippen molar-refractivity contribution in [2.45, 2.75) is 18.9 Å². The molecule has 1 aromatic carbocycles. The fraction of sp³-hybridized carbons (Fsp3) is 0.308. The average molecular weight is 217 g/mol. The second kappa shape index (κ2) is 5.34. The van der Waals surface area contributed by atoms with Crippen LogP contribution in [0.3, 0.4) is 0 Å². The van der Waals surface area contributed by atoms with Gasteiger partial charge in [0, 0.05) is 6.42 Å². The monoisotopic (exact) mass is 217 g/mol. The number of benzene rings is 1. The maximum absolute atomic E-state index is 11.2. The van der Waals surface area contributed by atoms with Gasteiger partial charge >= 0.3 is 5.97 Å². The Labute approximate surface area is 95.5 Å². The summed E-state index contributed by atoms with van der Waals surface area (Å²) in [5.41, 5.74) is -0.0507. The lowest BCUT2D eigenvalue weighted by Gasteiger charge is -2.25. The molecule has 2 N–H and O–H groups in total. The number of aliphatic carboxylic acids is 1. The first kappa shape index (κ1) is 12.3. The summed E-state index contributed by atoms with van der Waals surface area (Å²) in [5, 5.41) is 12.0. The van der Waals surface area contributed by atoms with Crippen LogP contribution in [0, 0.1) is 12.3 Å². The molecule has 1 aromatic rings. The van der Waals surface area contributed by atoms with Gasteiger partial charge in [-0.05, 0) is 12.5 Å². The summed E-state index contributed by atoms with van der Waals surface area (Å²) in [6.07, 6.45) is 5.53. The Hall–Kier alpha value is -1.79. The summed E-state index contributed by atoms with van der Waals surface area (Å²) >= 11 is 0. The summed E-state index contributed by atoms with van der Waals surface area (Å²) in [7, 11) is 0. The van der Waals surface area contributed by atoms with E-state index >= 15 is 0 Å². The van der Waals surface area contributed by atoms with Crippen LogP contribution in [0.15, 0.2) is 30.3 Å². The molecule has 0 saturated carbocycles. The van der Waals surface area contributed by atoms with Gasteiger partial charge in [-0.1, -0.05) is 36.3 Å². The number of nitrogens with one attached hydrogen (secondary N) is 1. The highest BCUT2D eigenvalue weighted by Gasteiger charge is 2.32. The molecule has 0 fully saturated rings. The molecular weight excluding hydrogens is 202 g/mol. The Bertz CT molecular complexity index is 394. The third kappa shape index (κ3) is 3.11. The Morgan fingerprint density at radius 3 is 2.62 bits per heavy atom. The highest BCUT2D eigenvalue weighted by atomic mass is 16.4. The van der Waals surface area contributed by atoms with Crippen LogP contribution in [-0.4, -0.2) is 23.2 Å². The third-order valence-corrected chi connectivity index (χ3v) is 2.45. The number of rotatable bonds is 5. The second-order valence-electron chi connectivity index (χ2n) is 3.86. The van der Waals surface area contributed by atoms with Crippen LogP contribution in [0.1, 0.15) is 12.5 Å². The molecule has 0 bridgehead atoms. The Morgan fingerprint density at radius 2 is 2.12 bits per heavy atom. The molecule has 0 aliphatic heterocycles. The van der Waals surface area contributed by atoms with Gasteiger partial charge in [0.1, 0.15) is 5.54 Å². The van der Waals surface area contributed by atoms with Crippen LogP contribution in [0.5, 0.6) is 0 Å². The number of hydrogen-bond donors (Lipinski definition) is 2. The Kier molecular flexibility index (Phi) is 4.10. The van der Waals surface area contributed by atoms with Crippen LogP contribution in [-0.2, 0) is 11.2 Å². The number of terminal acetylenes is 1. The SMILES string of the molecule is C#CCNC(C)(Cc1ccccc1)C(=O)O. The minimum Gasteiger partial charge on any atom is -0.480 e. The lowest BCUT2D eigenvalue weighted by molar-refractivity contribution is -0.144. The molecule has 1 atom stereocenters. The zero-order valence-electron chi connectivity index (χ0n) is 9.23. The van der Waals surface area contributed by atoms with E-state index in [4.69, 9.17) is 6.42 Å². The van der Waals surface area contributed by atoms with E-state index in [2.05, 4.69) is 11.2 Å². The van der Waals surface area contributed by atoms with Crippen molar-refractivity contribution in [2.24, 2.45) is 0 Å². The molecule has 84 valence electrons. The molecule has 3 heteroatoms. The van der Waals surface area contributed by atoms with Crippen LogP contribution in [0.4, 0.5) is 0 Å². The molecular formula is C13H15NO2. The van der Waals surface area contributed by atoms with E-state index in [-0.39, 0.29) is 6.54 Å². The lowest BCUT2D eigenvalue weighted by Crippen LogP contribution is -2.51. The third-order valence-electron chi connectivity index (χ3n) is 2.45. The van der Waals surface area contributed by atoms with Crippen molar-refractivity contribution < 1.29 is 9.90 Å². The summed E-state index contributed by atoms with van der Waals surface area (Å²) in [4.78, 5) is 11.2. The van der Waals surface area contributed by atoms with Gasteiger partial charge < -0.3 is 5.11 Å². The maximum Gasteiger partial charge on any atom is 0.323 e. The number of carboxylic acid groups (broad SMARTS) is 1. The topological polar surface area (TPSA) is 49.3 Å².